The van der Waals surface area contributed by atoms with Crippen molar-refractivity contribution in [3.63, 3.8) is 0 Å². The van der Waals surface area contributed by atoms with E-state index in [1.165, 1.54) is 32.0 Å². The minimum Gasteiger partial charge on any atom is -0.478 e. The molecular formula is C11H11NO4. The average molecular weight is 221 g/mol. The minimum absolute atomic E-state index is 0.0187. The van der Waals surface area contributed by atoms with Crippen LogP contribution >= 0.6 is 0 Å². The summed E-state index contributed by atoms with van der Waals surface area (Å²) in [6.07, 6.45) is 0. The second-order valence-corrected chi connectivity index (χ2v) is 3.27. The van der Waals surface area contributed by atoms with E-state index >= 15 is 0 Å². The average Bonchev–Trinajstić information content (AvgIpc) is 2.15. The molecule has 1 amide bonds. The van der Waals surface area contributed by atoms with Gasteiger partial charge in [-0.05, 0) is 19.1 Å². The first-order valence-corrected chi connectivity index (χ1v) is 4.58. The molecule has 0 atom stereocenters. The van der Waals surface area contributed by atoms with Crippen LogP contribution in [0.4, 0.5) is 5.69 Å². The van der Waals surface area contributed by atoms with Gasteiger partial charge in [0.25, 0.3) is 0 Å². The van der Waals surface area contributed by atoms with E-state index in [1.54, 1.807) is 0 Å². The molecule has 2 N–H and O–H groups in total. The zero-order chi connectivity index (χ0) is 12.3. The number of aromatic carboxylic acids is 1. The Balaban J connectivity index is 3.38. The number of carbonyl (C=O) groups is 3. The highest BCUT2D eigenvalue weighted by Gasteiger charge is 2.17. The predicted molar refractivity (Wildman–Crippen MR) is 57.7 cm³/mol. The van der Waals surface area contributed by atoms with Crippen LogP contribution in [0, 0.1) is 0 Å². The second-order valence-electron chi connectivity index (χ2n) is 3.27. The lowest BCUT2D eigenvalue weighted by Gasteiger charge is -2.09. The first-order chi connectivity index (χ1) is 7.43. The van der Waals surface area contributed by atoms with E-state index < -0.39 is 11.8 Å². The number of ketones is 1. The second kappa shape index (κ2) is 4.57. The van der Waals surface area contributed by atoms with Gasteiger partial charge in [0.1, 0.15) is 0 Å². The van der Waals surface area contributed by atoms with Crippen LogP contribution in [0.15, 0.2) is 18.2 Å². The fourth-order valence-electron chi connectivity index (χ4n) is 1.40. The van der Waals surface area contributed by atoms with Crippen LogP contribution in [-0.2, 0) is 4.79 Å². The fraction of sp³-hybridized carbons (Fsp3) is 0.182. The summed E-state index contributed by atoms with van der Waals surface area (Å²) in [5.41, 5.74) is 0.129. The molecule has 0 radical (unpaired) electrons. The molecule has 16 heavy (non-hydrogen) atoms. The van der Waals surface area contributed by atoms with Crippen LogP contribution in [-0.4, -0.2) is 22.8 Å². The van der Waals surface area contributed by atoms with Crippen LogP contribution in [0.5, 0.6) is 0 Å². The third kappa shape index (κ3) is 2.44. The molecule has 1 aromatic rings. The van der Waals surface area contributed by atoms with Gasteiger partial charge in [0.05, 0.1) is 16.8 Å². The minimum atomic E-state index is -1.20. The van der Waals surface area contributed by atoms with Gasteiger partial charge in [-0.15, -0.1) is 0 Å². The molecule has 0 saturated carbocycles. The van der Waals surface area contributed by atoms with Crippen molar-refractivity contribution in [1.29, 1.82) is 0 Å². The molecule has 0 fully saturated rings. The van der Waals surface area contributed by atoms with E-state index in [9.17, 15) is 14.4 Å². The van der Waals surface area contributed by atoms with E-state index in [2.05, 4.69) is 5.32 Å². The smallest absolute Gasteiger partial charge is 0.336 e. The monoisotopic (exact) mass is 221 g/mol. The van der Waals surface area contributed by atoms with Crippen molar-refractivity contribution in [2.75, 3.05) is 5.32 Å². The van der Waals surface area contributed by atoms with Gasteiger partial charge in [0, 0.05) is 6.92 Å². The zero-order valence-electron chi connectivity index (χ0n) is 8.90. The number of carboxylic acids is 1. The molecule has 0 spiro atoms. The number of carbonyl (C=O) groups excluding carboxylic acids is 2. The number of nitrogens with one attached hydrogen (secondary N) is 1. The van der Waals surface area contributed by atoms with Gasteiger partial charge in [-0.2, -0.15) is 0 Å². The van der Waals surface area contributed by atoms with Crippen molar-refractivity contribution in [3.05, 3.63) is 29.3 Å². The van der Waals surface area contributed by atoms with Gasteiger partial charge in [-0.25, -0.2) is 4.79 Å². The van der Waals surface area contributed by atoms with E-state index in [4.69, 9.17) is 5.11 Å². The molecule has 0 bridgehead atoms. The Kier molecular flexibility index (Phi) is 3.40. The molecule has 5 heteroatoms. The summed E-state index contributed by atoms with van der Waals surface area (Å²) in [5, 5.41) is 11.3. The number of hydrogen-bond acceptors (Lipinski definition) is 3. The molecule has 0 aliphatic heterocycles. The number of Topliss-reactive ketones (excluding diaryl/α,β-unsaturated/α-hetero) is 1. The van der Waals surface area contributed by atoms with Crippen LogP contribution < -0.4 is 5.32 Å². The van der Waals surface area contributed by atoms with E-state index in [0.29, 0.717) is 0 Å². The molecule has 1 aromatic carbocycles. The Labute approximate surface area is 92.1 Å². The maximum absolute atomic E-state index is 11.4. The van der Waals surface area contributed by atoms with Crippen molar-refractivity contribution in [1.82, 2.24) is 0 Å². The lowest BCUT2D eigenvalue weighted by molar-refractivity contribution is -0.114. The summed E-state index contributed by atoms with van der Waals surface area (Å²) in [7, 11) is 0. The van der Waals surface area contributed by atoms with Crippen molar-refractivity contribution in [2.24, 2.45) is 0 Å². The quantitative estimate of drug-likeness (QED) is 0.758. The molecular weight excluding hydrogens is 210 g/mol. The summed E-state index contributed by atoms with van der Waals surface area (Å²) in [6.45, 7) is 2.55. The van der Waals surface area contributed by atoms with Crippen molar-refractivity contribution in [2.45, 2.75) is 13.8 Å². The lowest BCUT2D eigenvalue weighted by Crippen LogP contribution is -2.13. The molecule has 84 valence electrons. The molecule has 0 aromatic heterocycles. The molecule has 5 nitrogen and oxygen atoms in total. The van der Waals surface area contributed by atoms with E-state index in [-0.39, 0.29) is 22.7 Å². The van der Waals surface area contributed by atoms with Crippen LogP contribution in [0.1, 0.15) is 34.6 Å². The van der Waals surface area contributed by atoms with E-state index in [1.807, 2.05) is 0 Å². The number of carboxylic acid groups (broad SMARTS) is 1. The molecule has 0 aliphatic rings. The highest BCUT2D eigenvalue weighted by molar-refractivity contribution is 6.10. The SMILES string of the molecule is CC(=O)Nc1cccc(C(=O)O)c1C(C)=O. The fourth-order valence-corrected chi connectivity index (χ4v) is 1.40. The molecule has 0 aliphatic carbocycles. The number of anilines is 1. The summed E-state index contributed by atoms with van der Waals surface area (Å²) in [4.78, 5) is 33.2. The Morgan fingerprint density at radius 3 is 2.25 bits per heavy atom. The Hall–Kier alpha value is -2.17. The van der Waals surface area contributed by atoms with Crippen molar-refractivity contribution < 1.29 is 19.5 Å². The van der Waals surface area contributed by atoms with Crippen LogP contribution in [0.25, 0.3) is 0 Å². The number of benzene rings is 1. The van der Waals surface area contributed by atoms with Crippen molar-refractivity contribution in [3.8, 4) is 0 Å². The molecule has 0 unspecified atom stereocenters. The Morgan fingerprint density at radius 1 is 1.19 bits per heavy atom. The van der Waals surface area contributed by atoms with Crippen LogP contribution in [0.2, 0.25) is 0 Å². The van der Waals surface area contributed by atoms with Gasteiger partial charge in [-0.1, -0.05) is 6.07 Å². The third-order valence-corrected chi connectivity index (χ3v) is 1.96. The number of rotatable bonds is 3. The Bertz CT molecular complexity index is 465. The zero-order valence-corrected chi connectivity index (χ0v) is 8.90. The van der Waals surface area contributed by atoms with Gasteiger partial charge in [-0.3, -0.25) is 9.59 Å². The first-order valence-electron chi connectivity index (χ1n) is 4.58. The van der Waals surface area contributed by atoms with E-state index in [0.717, 1.165) is 0 Å². The summed E-state index contributed by atoms with van der Waals surface area (Å²) < 4.78 is 0. The third-order valence-electron chi connectivity index (χ3n) is 1.96. The van der Waals surface area contributed by atoms with Gasteiger partial charge >= 0.3 is 5.97 Å². The summed E-state index contributed by atoms with van der Waals surface area (Å²) in [6, 6.07) is 4.29. The van der Waals surface area contributed by atoms with Gasteiger partial charge < -0.3 is 10.4 Å². The predicted octanol–water partition coefficient (Wildman–Crippen LogP) is 1.55. The summed E-state index contributed by atoms with van der Waals surface area (Å²) >= 11 is 0. The normalized spacial score (nSPS) is 9.62. The molecule has 0 heterocycles. The lowest BCUT2D eigenvalue weighted by atomic mass is 10.0. The van der Waals surface area contributed by atoms with Gasteiger partial charge in [0.2, 0.25) is 5.91 Å². The maximum atomic E-state index is 11.4. The summed E-state index contributed by atoms with van der Waals surface area (Å²) in [5.74, 6) is -1.95. The van der Waals surface area contributed by atoms with Crippen LogP contribution in [0.3, 0.4) is 0 Å². The maximum Gasteiger partial charge on any atom is 0.336 e. The molecule has 1 rings (SSSR count). The first kappa shape index (κ1) is 11.9. The standard InChI is InChI=1S/C11H11NO4/c1-6(13)10-8(11(15)16)4-3-5-9(10)12-7(2)14/h3-5H,1-2H3,(H,12,14)(H,15,16). The molecule has 0 saturated heterocycles. The topological polar surface area (TPSA) is 83.5 Å². The highest BCUT2D eigenvalue weighted by Crippen LogP contribution is 2.20. The number of hydrogen-bond donors (Lipinski definition) is 2. The number of amides is 1. The van der Waals surface area contributed by atoms with Gasteiger partial charge in [0.15, 0.2) is 5.78 Å². The van der Waals surface area contributed by atoms with Crippen molar-refractivity contribution >= 4 is 23.3 Å². The largest absolute Gasteiger partial charge is 0.478 e. The highest BCUT2D eigenvalue weighted by atomic mass is 16.4. The Morgan fingerprint density at radius 2 is 1.81 bits per heavy atom.